The summed E-state index contributed by atoms with van der Waals surface area (Å²) in [5, 5.41) is 41.0. The third kappa shape index (κ3) is 39.4. The van der Waals surface area contributed by atoms with Gasteiger partial charge in [-0.05, 0) is 171 Å². The second kappa shape index (κ2) is 48.6. The van der Waals surface area contributed by atoms with Gasteiger partial charge >= 0.3 is 11.4 Å². The zero-order valence-electron chi connectivity index (χ0n) is 73.3. The molecule has 3 aromatic rings. The van der Waals surface area contributed by atoms with E-state index in [4.69, 9.17) is 31.5 Å². The maximum absolute atomic E-state index is 13.1. The summed E-state index contributed by atoms with van der Waals surface area (Å²) in [6.45, 7) is 78.2. The highest BCUT2D eigenvalue weighted by atomic mass is 35.5. The van der Waals surface area contributed by atoms with Crippen molar-refractivity contribution < 1.29 is 43.9 Å². The van der Waals surface area contributed by atoms with Crippen LogP contribution < -0.4 is 11.1 Å². The number of thiazole rings is 1. The number of hydrogen-bond donors (Lipinski definition) is 5. The molecule has 106 heavy (non-hydrogen) atoms. The summed E-state index contributed by atoms with van der Waals surface area (Å²) in [4.78, 5) is 49.5. The van der Waals surface area contributed by atoms with E-state index in [1.165, 1.54) is 21.6 Å². The molecule has 2 aliphatic heterocycles. The fourth-order valence-electron chi connectivity index (χ4n) is 12.0. The average molecular weight is 1600 g/mol. The Balaban J connectivity index is 0. The predicted octanol–water partition coefficient (Wildman–Crippen LogP) is 23.9. The van der Waals surface area contributed by atoms with E-state index >= 15 is 0 Å². The zero-order chi connectivity index (χ0) is 83.1. The van der Waals surface area contributed by atoms with Crippen LogP contribution in [0.25, 0.3) is 6.08 Å². The van der Waals surface area contributed by atoms with Crippen molar-refractivity contribution in [2.75, 3.05) is 18.1 Å². The molecule has 0 saturated carbocycles. The lowest BCUT2D eigenvalue weighted by atomic mass is 9.65. The Kier molecular flexibility index (Phi) is 48.4. The molecule has 9 unspecified atom stereocenters. The minimum absolute atomic E-state index is 0.00379. The van der Waals surface area contributed by atoms with Crippen LogP contribution in [0.15, 0.2) is 69.8 Å². The number of nitrogens with one attached hydrogen (secondary N) is 1. The van der Waals surface area contributed by atoms with Gasteiger partial charge < -0.3 is 40.6 Å². The fraction of sp³-hybridized carbons (Fsp3) is 0.791. The number of nitrogens with zero attached hydrogens (tertiary/aromatic N) is 3. The Hall–Kier alpha value is -2.43. The van der Waals surface area contributed by atoms with Crippen molar-refractivity contribution in [3.63, 3.8) is 0 Å². The van der Waals surface area contributed by atoms with Gasteiger partial charge in [0.15, 0.2) is 0 Å². The number of amides is 1. The van der Waals surface area contributed by atoms with Crippen LogP contribution in [0.3, 0.4) is 0 Å². The number of rotatable bonds is 18. The van der Waals surface area contributed by atoms with Gasteiger partial charge in [0.25, 0.3) is 0 Å². The van der Waals surface area contributed by atoms with E-state index in [-0.39, 0.29) is 99.5 Å². The molecule has 1 amide bonds. The number of halogens is 1. The average Bonchev–Trinajstić information content (AvgIpc) is 1.41. The molecule has 20 heteroatoms. The third-order valence-electron chi connectivity index (χ3n) is 22.5. The highest BCUT2D eigenvalue weighted by Gasteiger charge is 2.53. The molecule has 2 fully saturated rings. The molecule has 0 spiro atoms. The summed E-state index contributed by atoms with van der Waals surface area (Å²) in [7, 11) is 6.39. The second-order valence-corrected chi connectivity index (χ2v) is 42.7. The van der Waals surface area contributed by atoms with Gasteiger partial charge in [-0.25, -0.2) is 19.7 Å². The monoisotopic (exact) mass is 1600 g/mol. The molecule has 5 heterocycles. The number of esters is 1. The summed E-state index contributed by atoms with van der Waals surface area (Å²) in [6, 6.07) is 11.4. The number of carbonyl (C=O) groups excluding carboxylic acids is 3. The first-order valence-electron chi connectivity index (χ1n) is 39.2. The van der Waals surface area contributed by atoms with Crippen LogP contribution in [-0.4, -0.2) is 114 Å². The number of nitrogens with two attached hydrogens (primary N) is 1. The number of ether oxygens (including phenoxy) is 3. The minimum atomic E-state index is -1.07. The zero-order valence-corrected chi connectivity index (χ0v) is 78.1. The molecule has 0 aromatic carbocycles. The number of carbonyl (C=O) groups is 3. The number of aryl methyl sites for hydroxylation is 1. The van der Waals surface area contributed by atoms with Crippen molar-refractivity contribution in [1.82, 2.24) is 20.3 Å². The van der Waals surface area contributed by atoms with Crippen molar-refractivity contribution in [1.29, 1.82) is 0 Å². The van der Waals surface area contributed by atoms with Gasteiger partial charge in [-0.15, -0.1) is 11.3 Å². The van der Waals surface area contributed by atoms with E-state index in [0.29, 0.717) is 23.0 Å². The Morgan fingerprint density at radius 2 is 1.12 bits per heavy atom. The minimum Gasteiger partial charge on any atom is -0.461 e. The summed E-state index contributed by atoms with van der Waals surface area (Å²) in [5.41, 5.74) is 6.47. The van der Waals surface area contributed by atoms with Gasteiger partial charge in [0.1, 0.15) is 28.0 Å². The maximum Gasteiger partial charge on any atom is 0.404 e. The lowest BCUT2D eigenvalue weighted by molar-refractivity contribution is -0.157. The van der Waals surface area contributed by atoms with Crippen LogP contribution in [-0.2, 0) is 23.8 Å². The first-order valence-corrected chi connectivity index (χ1v) is 45.1. The first-order chi connectivity index (χ1) is 48.4. The smallest absolute Gasteiger partial charge is 0.404 e. The number of hydrogen-bond acceptors (Lipinski definition) is 18. The van der Waals surface area contributed by atoms with Crippen LogP contribution in [0.1, 0.15) is 285 Å². The van der Waals surface area contributed by atoms with Crippen LogP contribution in [0.4, 0.5) is 4.79 Å². The third-order valence-corrected chi connectivity index (χ3v) is 27.8. The highest BCUT2D eigenvalue weighted by Crippen LogP contribution is 2.47. The Morgan fingerprint density at radius 1 is 0.698 bits per heavy atom. The topological polar surface area (TPSA) is 220 Å². The molecular weight excluding hydrogens is 1440 g/mol. The van der Waals surface area contributed by atoms with Crippen molar-refractivity contribution in [2.45, 2.75) is 340 Å². The summed E-state index contributed by atoms with van der Waals surface area (Å²) in [5.74, 6) is 3.83. The molecule has 0 bridgehead atoms. The van der Waals surface area contributed by atoms with Gasteiger partial charge in [0.2, 0.25) is 5.91 Å². The molecule has 3 aromatic heterocycles. The van der Waals surface area contributed by atoms with Gasteiger partial charge in [-0.2, -0.15) is 0 Å². The van der Waals surface area contributed by atoms with Crippen LogP contribution in [0.2, 0.25) is 0 Å². The molecular formula is C86H156ClN5O9S5. The maximum atomic E-state index is 13.1. The van der Waals surface area contributed by atoms with Crippen LogP contribution >= 0.6 is 66.1 Å². The molecule has 5 rings (SSSR count). The van der Waals surface area contributed by atoms with Crippen molar-refractivity contribution in [3.05, 3.63) is 70.4 Å². The lowest BCUT2D eigenvalue weighted by Gasteiger charge is -2.41. The van der Waals surface area contributed by atoms with E-state index < -0.39 is 35.1 Å². The molecule has 0 radical (unpaired) electrons. The quantitative estimate of drug-likeness (QED) is 0.0263. The van der Waals surface area contributed by atoms with Crippen molar-refractivity contribution >= 4 is 89.5 Å². The molecule has 6 N–H and O–H groups in total. The SMILES string of the molecule is C/C(=C\c1csc(C)n1)C1CC2O[C@]2(C)CCC[C@H](C)[C@H](O)[C@@H](C)C(O)C(C)(C)[C@@H](O)CC(=O)N1.CC.CC.CC(C(C)C(C)(C)C)[C@@H](C)C(C)(C)C.CC(C(OC(=O)CSSc1ccccn1)[C@@H](C)C(C)(C)C)C(C)(C)C.CC(C(OC(=O)Cl)[C@@H](C)C(C)(C)C)C(C)(C)C.NCCSSc1ccccn1. The Bertz CT molecular complexity index is 2860. The second-order valence-electron chi connectivity index (χ2n) is 36.6. The molecule has 2 aliphatic rings. The van der Waals surface area contributed by atoms with Crippen molar-refractivity contribution in [3.8, 4) is 0 Å². The van der Waals surface area contributed by atoms with Gasteiger partial charge in [-0.3, -0.25) is 9.59 Å². The van der Waals surface area contributed by atoms with E-state index in [1.807, 2.05) is 103 Å². The number of fused-ring (bicyclic) bond motifs is 1. The number of aromatic nitrogens is 3. The molecule has 616 valence electrons. The van der Waals surface area contributed by atoms with E-state index in [0.717, 1.165) is 75.6 Å². The molecule has 0 aliphatic carbocycles. The normalized spacial score (nSPS) is 23.7. The standard InChI is InChI=1S/C27H44N2O5S.C20H33NO2S2.C14H27ClO2.C14H30.C7H10N2S2.2C2H6/c1-15-9-8-10-27(7)22(34-27)12-20(16(2)11-19-14-35-18(4)28-19)29-23(31)13-21(30)26(5,6)25(33)17(3)24(15)32;1-14(19(3,4)5)18(15(2)20(6,7)8)23-17(22)13-24-25-16-11-9-10-12-21-16;1-9(13(3,4)5)11(17-12(15)16)10(2)14(6,7)8;1-10(11(2)13(4,5)6)12(3)14(7,8)9;8-4-6-10-11-7-3-1-2-5-9-7;2*1-2/h11,14-15,17,20-22,24-25,30,32-33H,8-10,12-13H2,1-7H3,(H,29,31);9-12,14-15,18H,13H2,1-8H3;9-11H,1-8H3;10-12H,1-9H3;1-3,5H,4,6,8H2;2*1-2H3/b16-11+;;;;;;/t15-,17+,20?,21-,22?,24-,25?,27+;14-,15?,18?;9-,10?,11?;10?,11-,12?;;;/m0111.../s1. The largest absolute Gasteiger partial charge is 0.461 e. The van der Waals surface area contributed by atoms with Crippen LogP contribution in [0.5, 0.6) is 0 Å². The Labute approximate surface area is 674 Å². The molecule has 2 saturated heterocycles. The van der Waals surface area contributed by atoms with E-state index in [2.05, 4.69) is 200 Å². The number of pyridine rings is 2. The molecule has 17 atom stereocenters. The van der Waals surface area contributed by atoms with E-state index in [9.17, 15) is 29.7 Å². The summed E-state index contributed by atoms with van der Waals surface area (Å²) < 4.78 is 17.4. The summed E-state index contributed by atoms with van der Waals surface area (Å²) >= 11 is 6.99. The number of aliphatic hydroxyl groups excluding tert-OH is 3. The Morgan fingerprint density at radius 3 is 1.50 bits per heavy atom. The van der Waals surface area contributed by atoms with Gasteiger partial charge in [0.05, 0.1) is 53.2 Å². The number of epoxide rings is 1. The van der Waals surface area contributed by atoms with Crippen LogP contribution in [0, 0.1) is 98.1 Å². The highest BCUT2D eigenvalue weighted by molar-refractivity contribution is 8.77. The number of aliphatic hydroxyl groups is 3. The first kappa shape index (κ1) is 106. The predicted molar refractivity (Wildman–Crippen MR) is 463 cm³/mol. The fourth-order valence-corrected chi connectivity index (χ4v) is 16.1. The van der Waals surface area contributed by atoms with Crippen molar-refractivity contribution in [2.24, 2.45) is 96.9 Å². The van der Waals surface area contributed by atoms with E-state index in [1.54, 1.807) is 59.2 Å². The molecule has 14 nitrogen and oxygen atoms in total. The van der Waals surface area contributed by atoms with Gasteiger partial charge in [0, 0.05) is 59.4 Å². The lowest BCUT2D eigenvalue weighted by Crippen LogP contribution is -2.50. The van der Waals surface area contributed by atoms with Gasteiger partial charge in [-0.1, -0.05) is 269 Å². The summed E-state index contributed by atoms with van der Waals surface area (Å²) in [6.07, 6.45) is 5.74.